The highest BCUT2D eigenvalue weighted by molar-refractivity contribution is 7.12. The predicted molar refractivity (Wildman–Crippen MR) is 62.4 cm³/mol. The van der Waals surface area contributed by atoms with Crippen LogP contribution in [0.5, 0.6) is 5.75 Å². The molecule has 1 aromatic heterocycles. The molecule has 0 aliphatic rings. The molecule has 0 bridgehead atoms. The van der Waals surface area contributed by atoms with Crippen molar-refractivity contribution in [2.24, 2.45) is 0 Å². The number of hydrogen-bond acceptors (Lipinski definition) is 6. The Morgan fingerprint density at radius 1 is 1.47 bits per heavy atom. The Balaban J connectivity index is 2.71. The molecule has 0 fully saturated rings. The molecule has 1 atom stereocenters. The highest BCUT2D eigenvalue weighted by Crippen LogP contribution is 2.26. The van der Waals surface area contributed by atoms with Gasteiger partial charge in [0.15, 0.2) is 11.0 Å². The Kier molecular flexibility index (Phi) is 4.96. The molecule has 0 N–H and O–H groups in total. The van der Waals surface area contributed by atoms with Gasteiger partial charge in [0.05, 0.1) is 13.7 Å². The SMILES string of the molecule is CCOC(=O)[C@@H](C)Oc1ccsc1C(=O)OC. The average molecular weight is 258 g/mol. The first-order valence-corrected chi connectivity index (χ1v) is 5.97. The summed E-state index contributed by atoms with van der Waals surface area (Å²) in [6.07, 6.45) is -0.757. The van der Waals surface area contributed by atoms with Gasteiger partial charge >= 0.3 is 11.9 Å². The summed E-state index contributed by atoms with van der Waals surface area (Å²) in [6, 6.07) is 1.62. The van der Waals surface area contributed by atoms with Gasteiger partial charge in [0.1, 0.15) is 5.75 Å². The molecule has 0 aromatic carbocycles. The van der Waals surface area contributed by atoms with E-state index in [2.05, 4.69) is 4.74 Å². The zero-order chi connectivity index (χ0) is 12.8. The first-order valence-electron chi connectivity index (χ1n) is 5.09. The molecular weight excluding hydrogens is 244 g/mol. The van der Waals surface area contributed by atoms with E-state index in [0.29, 0.717) is 17.2 Å². The summed E-state index contributed by atoms with van der Waals surface area (Å²) >= 11 is 1.20. The van der Waals surface area contributed by atoms with Crippen LogP contribution in [0.3, 0.4) is 0 Å². The highest BCUT2D eigenvalue weighted by atomic mass is 32.1. The van der Waals surface area contributed by atoms with Gasteiger partial charge in [-0.25, -0.2) is 9.59 Å². The lowest BCUT2D eigenvalue weighted by Gasteiger charge is -2.12. The zero-order valence-electron chi connectivity index (χ0n) is 9.89. The molecule has 5 nitrogen and oxygen atoms in total. The molecule has 0 radical (unpaired) electrons. The molecule has 0 spiro atoms. The van der Waals surface area contributed by atoms with E-state index in [1.165, 1.54) is 18.4 Å². The first-order chi connectivity index (χ1) is 8.10. The van der Waals surface area contributed by atoms with Crippen molar-refractivity contribution in [2.75, 3.05) is 13.7 Å². The van der Waals surface area contributed by atoms with E-state index in [0.717, 1.165) is 0 Å². The lowest BCUT2D eigenvalue weighted by Crippen LogP contribution is -2.26. The third kappa shape index (κ3) is 3.45. The quantitative estimate of drug-likeness (QED) is 0.754. The summed E-state index contributed by atoms with van der Waals surface area (Å²) in [5.74, 6) is -0.608. The molecule has 0 saturated heterocycles. The molecule has 0 unspecified atom stereocenters. The Hall–Kier alpha value is -1.56. The number of rotatable bonds is 5. The monoisotopic (exact) mass is 258 g/mol. The van der Waals surface area contributed by atoms with Gasteiger partial charge in [0.2, 0.25) is 0 Å². The lowest BCUT2D eigenvalue weighted by atomic mass is 10.4. The van der Waals surface area contributed by atoms with Crippen LogP contribution in [0, 0.1) is 0 Å². The molecule has 6 heteroatoms. The van der Waals surface area contributed by atoms with Crippen molar-refractivity contribution in [3.63, 3.8) is 0 Å². The molecule has 17 heavy (non-hydrogen) atoms. The fourth-order valence-electron chi connectivity index (χ4n) is 1.13. The average Bonchev–Trinajstić information content (AvgIpc) is 2.76. The van der Waals surface area contributed by atoms with Gasteiger partial charge in [0, 0.05) is 0 Å². The fraction of sp³-hybridized carbons (Fsp3) is 0.455. The van der Waals surface area contributed by atoms with Crippen molar-refractivity contribution in [1.82, 2.24) is 0 Å². The van der Waals surface area contributed by atoms with Crippen LogP contribution in [0.25, 0.3) is 0 Å². The zero-order valence-corrected chi connectivity index (χ0v) is 10.7. The Morgan fingerprint density at radius 2 is 2.18 bits per heavy atom. The third-order valence-electron chi connectivity index (χ3n) is 1.92. The number of hydrogen-bond donors (Lipinski definition) is 0. The number of methoxy groups -OCH3 is 1. The summed E-state index contributed by atoms with van der Waals surface area (Å²) in [5.41, 5.74) is 0. The van der Waals surface area contributed by atoms with Crippen LogP contribution in [0.15, 0.2) is 11.4 Å². The topological polar surface area (TPSA) is 61.8 Å². The molecular formula is C11H14O5S. The molecule has 1 heterocycles. The van der Waals surface area contributed by atoms with Crippen LogP contribution < -0.4 is 4.74 Å². The fourth-order valence-corrected chi connectivity index (χ4v) is 1.87. The van der Waals surface area contributed by atoms with E-state index in [4.69, 9.17) is 9.47 Å². The summed E-state index contributed by atoms with van der Waals surface area (Å²) in [6.45, 7) is 3.58. The Morgan fingerprint density at radius 3 is 2.76 bits per heavy atom. The minimum atomic E-state index is -0.757. The van der Waals surface area contributed by atoms with Crippen LogP contribution >= 0.6 is 11.3 Å². The minimum absolute atomic E-state index is 0.292. The van der Waals surface area contributed by atoms with Gasteiger partial charge in [0.25, 0.3) is 0 Å². The van der Waals surface area contributed by atoms with Crippen LogP contribution in [0.1, 0.15) is 23.5 Å². The molecule has 0 aliphatic carbocycles. The number of esters is 2. The van der Waals surface area contributed by atoms with Gasteiger partial charge in [-0.2, -0.15) is 0 Å². The molecule has 0 amide bonds. The highest BCUT2D eigenvalue weighted by Gasteiger charge is 2.21. The second-order valence-corrected chi connectivity index (χ2v) is 4.03. The number of ether oxygens (including phenoxy) is 3. The number of carbonyl (C=O) groups is 2. The number of carbonyl (C=O) groups excluding carboxylic acids is 2. The van der Waals surface area contributed by atoms with Crippen LogP contribution in [-0.4, -0.2) is 31.8 Å². The molecule has 0 aliphatic heterocycles. The van der Waals surface area contributed by atoms with Crippen molar-refractivity contribution in [2.45, 2.75) is 20.0 Å². The van der Waals surface area contributed by atoms with E-state index in [1.807, 2.05) is 0 Å². The van der Waals surface area contributed by atoms with Crippen molar-refractivity contribution < 1.29 is 23.8 Å². The number of thiophene rings is 1. The van der Waals surface area contributed by atoms with Gasteiger partial charge in [-0.1, -0.05) is 0 Å². The summed E-state index contributed by atoms with van der Waals surface area (Å²) in [4.78, 5) is 23.1. The molecule has 0 saturated carbocycles. The Bertz CT molecular complexity index is 398. The van der Waals surface area contributed by atoms with Gasteiger partial charge in [-0.3, -0.25) is 0 Å². The first kappa shape index (κ1) is 13.5. The van der Waals surface area contributed by atoms with Crippen LogP contribution in [-0.2, 0) is 14.3 Å². The van der Waals surface area contributed by atoms with Gasteiger partial charge in [-0.15, -0.1) is 11.3 Å². The van der Waals surface area contributed by atoms with E-state index in [1.54, 1.807) is 25.3 Å². The van der Waals surface area contributed by atoms with Gasteiger partial charge in [-0.05, 0) is 25.3 Å². The normalized spacial score (nSPS) is 11.7. The molecule has 1 rings (SSSR count). The van der Waals surface area contributed by atoms with E-state index in [-0.39, 0.29) is 0 Å². The second-order valence-electron chi connectivity index (χ2n) is 3.12. The maximum absolute atomic E-state index is 11.4. The van der Waals surface area contributed by atoms with Crippen LogP contribution in [0.2, 0.25) is 0 Å². The maximum atomic E-state index is 11.4. The molecule has 1 aromatic rings. The van der Waals surface area contributed by atoms with Crippen LogP contribution in [0.4, 0.5) is 0 Å². The van der Waals surface area contributed by atoms with Crippen molar-refractivity contribution >= 4 is 23.3 Å². The largest absolute Gasteiger partial charge is 0.477 e. The third-order valence-corrected chi connectivity index (χ3v) is 2.80. The summed E-state index contributed by atoms with van der Waals surface area (Å²) in [7, 11) is 1.29. The predicted octanol–water partition coefficient (Wildman–Crippen LogP) is 1.87. The van der Waals surface area contributed by atoms with E-state index < -0.39 is 18.0 Å². The van der Waals surface area contributed by atoms with E-state index in [9.17, 15) is 9.59 Å². The van der Waals surface area contributed by atoms with E-state index >= 15 is 0 Å². The summed E-state index contributed by atoms with van der Waals surface area (Å²) < 4.78 is 14.8. The second kappa shape index (κ2) is 6.24. The lowest BCUT2D eigenvalue weighted by molar-refractivity contribution is -0.150. The smallest absolute Gasteiger partial charge is 0.351 e. The van der Waals surface area contributed by atoms with Crippen molar-refractivity contribution in [3.05, 3.63) is 16.3 Å². The minimum Gasteiger partial charge on any atom is -0.477 e. The maximum Gasteiger partial charge on any atom is 0.351 e. The van der Waals surface area contributed by atoms with Crippen molar-refractivity contribution in [1.29, 1.82) is 0 Å². The summed E-state index contributed by atoms with van der Waals surface area (Å²) in [5, 5.41) is 1.69. The molecule has 94 valence electrons. The standard InChI is InChI=1S/C11H14O5S/c1-4-15-10(12)7(2)16-8-5-6-17-9(8)11(13)14-3/h5-7H,4H2,1-3H3/t7-/m1/s1. The Labute approximate surface area is 103 Å². The van der Waals surface area contributed by atoms with Crippen molar-refractivity contribution in [3.8, 4) is 5.75 Å². The van der Waals surface area contributed by atoms with Gasteiger partial charge < -0.3 is 14.2 Å².